The van der Waals surface area contributed by atoms with Gasteiger partial charge in [-0.2, -0.15) is 0 Å². The van der Waals surface area contributed by atoms with Crippen LogP contribution >= 0.6 is 27.3 Å². The van der Waals surface area contributed by atoms with E-state index in [4.69, 9.17) is 0 Å². The van der Waals surface area contributed by atoms with Crippen molar-refractivity contribution >= 4 is 37.3 Å². The van der Waals surface area contributed by atoms with E-state index in [1.807, 2.05) is 20.9 Å². The summed E-state index contributed by atoms with van der Waals surface area (Å²) in [6, 6.07) is 1.70. The summed E-state index contributed by atoms with van der Waals surface area (Å²) in [5.74, 6) is 0.291. The average molecular weight is 341 g/mol. The fourth-order valence-electron chi connectivity index (χ4n) is 1.20. The van der Waals surface area contributed by atoms with Gasteiger partial charge in [-0.1, -0.05) is 13.8 Å². The Morgan fingerprint density at radius 3 is 2.65 bits per heavy atom. The van der Waals surface area contributed by atoms with Crippen LogP contribution in [0, 0.1) is 5.92 Å². The molecule has 98 valence electrons. The number of halogens is 1. The summed E-state index contributed by atoms with van der Waals surface area (Å²) in [4.78, 5) is 1.32. The van der Waals surface area contributed by atoms with Crippen molar-refractivity contribution in [3.63, 3.8) is 0 Å². The van der Waals surface area contributed by atoms with E-state index in [9.17, 15) is 8.42 Å². The zero-order valence-electron chi connectivity index (χ0n) is 10.1. The van der Waals surface area contributed by atoms with Gasteiger partial charge >= 0.3 is 0 Å². The van der Waals surface area contributed by atoms with Crippen LogP contribution in [0.1, 0.15) is 18.7 Å². The smallest absolute Gasteiger partial charge is 0.242 e. The molecular formula is C10H17BrN2O2S2. The number of hydrogen-bond acceptors (Lipinski definition) is 4. The van der Waals surface area contributed by atoms with E-state index in [2.05, 4.69) is 26.0 Å². The molecule has 0 bridgehead atoms. The summed E-state index contributed by atoms with van der Waals surface area (Å²) in [7, 11) is -1.57. The van der Waals surface area contributed by atoms with Gasteiger partial charge in [0.15, 0.2) is 0 Å². The van der Waals surface area contributed by atoms with Crippen molar-refractivity contribution in [2.45, 2.75) is 25.3 Å². The van der Waals surface area contributed by atoms with Gasteiger partial charge in [0, 0.05) is 18.0 Å². The molecular weight excluding hydrogens is 324 g/mol. The first-order valence-corrected chi connectivity index (χ1v) is 8.38. The lowest BCUT2D eigenvalue weighted by Gasteiger charge is -2.07. The predicted molar refractivity (Wildman–Crippen MR) is 74.8 cm³/mol. The Hall–Kier alpha value is 0.0500. The Morgan fingerprint density at radius 2 is 2.12 bits per heavy atom. The number of hydrogen-bond donors (Lipinski definition) is 2. The number of thiophene rings is 1. The van der Waals surface area contributed by atoms with Crippen LogP contribution in [0.4, 0.5) is 0 Å². The molecule has 0 aromatic carbocycles. The minimum Gasteiger partial charge on any atom is -0.315 e. The molecule has 7 heteroatoms. The van der Waals surface area contributed by atoms with E-state index in [-0.39, 0.29) is 0 Å². The maximum Gasteiger partial charge on any atom is 0.242 e. The third-order valence-corrected chi connectivity index (χ3v) is 5.70. The highest BCUT2D eigenvalue weighted by Gasteiger charge is 2.20. The molecule has 0 unspecified atom stereocenters. The minimum atomic E-state index is -3.40. The third-order valence-electron chi connectivity index (χ3n) is 2.03. The van der Waals surface area contributed by atoms with Crippen molar-refractivity contribution < 1.29 is 8.42 Å². The van der Waals surface area contributed by atoms with Gasteiger partial charge in [0.05, 0.1) is 3.79 Å². The summed E-state index contributed by atoms with van der Waals surface area (Å²) >= 11 is 4.74. The molecule has 0 fully saturated rings. The van der Waals surface area contributed by atoms with Gasteiger partial charge in [-0.3, -0.25) is 0 Å². The highest BCUT2D eigenvalue weighted by atomic mass is 79.9. The molecule has 0 amide bonds. The van der Waals surface area contributed by atoms with Gasteiger partial charge in [0.25, 0.3) is 0 Å². The van der Waals surface area contributed by atoms with E-state index >= 15 is 0 Å². The first-order valence-electron chi connectivity index (χ1n) is 5.29. The van der Waals surface area contributed by atoms with Crippen LogP contribution in [0.2, 0.25) is 0 Å². The molecule has 17 heavy (non-hydrogen) atoms. The van der Waals surface area contributed by atoms with Gasteiger partial charge < -0.3 is 5.32 Å². The highest BCUT2D eigenvalue weighted by Crippen LogP contribution is 2.31. The van der Waals surface area contributed by atoms with Crippen molar-refractivity contribution in [2.24, 2.45) is 5.92 Å². The summed E-state index contributed by atoms with van der Waals surface area (Å²) in [6.07, 6.45) is 0. The molecule has 0 aliphatic heterocycles. The number of rotatable bonds is 6. The topological polar surface area (TPSA) is 58.2 Å². The highest BCUT2D eigenvalue weighted by molar-refractivity contribution is 9.11. The second-order valence-corrected chi connectivity index (χ2v) is 8.32. The molecule has 0 atom stereocenters. The Bertz CT molecular complexity index is 469. The first kappa shape index (κ1) is 15.1. The largest absolute Gasteiger partial charge is 0.315 e. The van der Waals surface area contributed by atoms with E-state index in [0.29, 0.717) is 27.7 Å². The van der Waals surface area contributed by atoms with E-state index < -0.39 is 10.0 Å². The first-order chi connectivity index (χ1) is 7.86. The van der Waals surface area contributed by atoms with Crippen molar-refractivity contribution in [3.05, 3.63) is 14.7 Å². The third kappa shape index (κ3) is 4.33. The fraction of sp³-hybridized carbons (Fsp3) is 0.600. The zero-order valence-corrected chi connectivity index (χ0v) is 13.3. The molecule has 4 nitrogen and oxygen atoms in total. The molecule has 1 heterocycles. The van der Waals surface area contributed by atoms with Gasteiger partial charge in [-0.15, -0.1) is 11.3 Å². The van der Waals surface area contributed by atoms with Crippen LogP contribution in [0.5, 0.6) is 0 Å². The second-order valence-electron chi connectivity index (χ2n) is 4.13. The predicted octanol–water partition coefficient (Wildman–Crippen LogP) is 2.16. The lowest BCUT2D eigenvalue weighted by molar-refractivity contribution is 0.560. The van der Waals surface area contributed by atoms with Crippen molar-refractivity contribution in [1.82, 2.24) is 10.0 Å². The van der Waals surface area contributed by atoms with E-state index in [0.717, 1.165) is 4.88 Å². The van der Waals surface area contributed by atoms with Crippen molar-refractivity contribution in [2.75, 3.05) is 13.6 Å². The van der Waals surface area contributed by atoms with Gasteiger partial charge in [0.1, 0.15) is 4.90 Å². The Morgan fingerprint density at radius 1 is 1.47 bits per heavy atom. The summed E-state index contributed by atoms with van der Waals surface area (Å²) < 4.78 is 27.3. The van der Waals surface area contributed by atoms with E-state index in [1.165, 1.54) is 11.3 Å². The number of nitrogens with one attached hydrogen (secondary N) is 2. The van der Waals surface area contributed by atoms with Crippen molar-refractivity contribution in [3.8, 4) is 0 Å². The van der Waals surface area contributed by atoms with Crippen LogP contribution in [-0.4, -0.2) is 22.0 Å². The molecule has 2 N–H and O–H groups in total. The van der Waals surface area contributed by atoms with Gasteiger partial charge in [-0.05, 0) is 35.0 Å². The van der Waals surface area contributed by atoms with Crippen molar-refractivity contribution in [1.29, 1.82) is 0 Å². The van der Waals surface area contributed by atoms with Crippen LogP contribution < -0.4 is 10.0 Å². The quantitative estimate of drug-likeness (QED) is 0.834. The molecule has 0 radical (unpaired) electrons. The molecule has 0 aliphatic rings. The molecule has 0 spiro atoms. The fourth-order valence-corrected chi connectivity index (χ4v) is 5.10. The maximum atomic E-state index is 12.0. The summed E-state index contributed by atoms with van der Waals surface area (Å²) in [5, 5.41) is 3.00. The molecule has 1 aromatic heterocycles. The Kier molecular flexibility index (Phi) is 5.59. The Labute approximate surface area is 115 Å². The minimum absolute atomic E-state index is 0.291. The molecule has 0 saturated carbocycles. The van der Waals surface area contributed by atoms with E-state index in [1.54, 1.807) is 6.07 Å². The van der Waals surface area contributed by atoms with Crippen LogP contribution in [-0.2, 0) is 16.6 Å². The number of sulfonamides is 1. The maximum absolute atomic E-state index is 12.0. The van der Waals surface area contributed by atoms with Crippen LogP contribution in [0.15, 0.2) is 14.7 Å². The lowest BCUT2D eigenvalue weighted by Crippen LogP contribution is -2.27. The second kappa shape index (κ2) is 6.29. The normalized spacial score (nSPS) is 12.3. The summed E-state index contributed by atoms with van der Waals surface area (Å²) in [5.41, 5.74) is 0. The van der Waals surface area contributed by atoms with Crippen LogP contribution in [0.25, 0.3) is 0 Å². The average Bonchev–Trinajstić information content (AvgIpc) is 2.58. The zero-order chi connectivity index (χ0) is 13.1. The van der Waals surface area contributed by atoms with Gasteiger partial charge in [-0.25, -0.2) is 13.1 Å². The summed E-state index contributed by atoms with van der Waals surface area (Å²) in [6.45, 7) is 5.06. The standard InChI is InChI=1S/C10H17BrN2O2S2/c1-7(2)5-13-17(14,15)9-4-8(6-12-3)16-10(9)11/h4,7,12-13H,5-6H2,1-3H3. The molecule has 0 saturated heterocycles. The molecule has 1 aromatic rings. The van der Waals surface area contributed by atoms with Gasteiger partial charge in [0.2, 0.25) is 10.0 Å². The molecule has 0 aliphatic carbocycles. The lowest BCUT2D eigenvalue weighted by atomic mass is 10.2. The Balaban J connectivity index is 2.90. The molecule has 1 rings (SSSR count). The van der Waals surface area contributed by atoms with Crippen LogP contribution in [0.3, 0.4) is 0 Å². The monoisotopic (exact) mass is 340 g/mol. The SMILES string of the molecule is CNCc1cc(S(=O)(=O)NCC(C)C)c(Br)s1.